The van der Waals surface area contributed by atoms with Crippen molar-refractivity contribution in [2.45, 2.75) is 38.5 Å². The van der Waals surface area contributed by atoms with Gasteiger partial charge in [0.15, 0.2) is 0 Å². The van der Waals surface area contributed by atoms with E-state index < -0.39 is 10.2 Å². The zero-order chi connectivity index (χ0) is 12.5. The quantitative estimate of drug-likeness (QED) is 0.706. The number of nitrogens with one attached hydrogen (secondary N) is 2. The molecule has 0 aromatic rings. The summed E-state index contributed by atoms with van der Waals surface area (Å²) in [5.41, 5.74) is 0. The summed E-state index contributed by atoms with van der Waals surface area (Å²) >= 11 is 0. The molecule has 0 bridgehead atoms. The molecule has 0 radical (unpaired) electrons. The van der Waals surface area contributed by atoms with E-state index in [1.165, 1.54) is 4.31 Å². The highest BCUT2D eigenvalue weighted by Crippen LogP contribution is 2.14. The second-order valence-electron chi connectivity index (χ2n) is 4.89. The van der Waals surface area contributed by atoms with Crippen molar-refractivity contribution >= 4 is 10.2 Å². The lowest BCUT2D eigenvalue weighted by atomic mass is 10.3. The Morgan fingerprint density at radius 1 is 1.29 bits per heavy atom. The van der Waals surface area contributed by atoms with Crippen molar-refractivity contribution in [2.75, 3.05) is 26.2 Å². The van der Waals surface area contributed by atoms with Crippen LogP contribution in [0.3, 0.4) is 0 Å². The SMILES string of the molecule is CC1CN(S(=O)(=O)N[C@@H]2CCNC2)CC(C)O1. The molecule has 6 nitrogen and oxygen atoms in total. The van der Waals surface area contributed by atoms with Crippen LogP contribution in [-0.2, 0) is 14.9 Å². The topological polar surface area (TPSA) is 70.7 Å². The van der Waals surface area contributed by atoms with Crippen LogP contribution >= 0.6 is 0 Å². The first kappa shape index (κ1) is 13.2. The molecule has 17 heavy (non-hydrogen) atoms. The summed E-state index contributed by atoms with van der Waals surface area (Å²) in [4.78, 5) is 0. The van der Waals surface area contributed by atoms with Gasteiger partial charge in [0, 0.05) is 25.7 Å². The van der Waals surface area contributed by atoms with E-state index in [1.54, 1.807) is 0 Å². The van der Waals surface area contributed by atoms with Crippen LogP contribution < -0.4 is 10.0 Å². The maximum atomic E-state index is 12.2. The zero-order valence-corrected chi connectivity index (χ0v) is 11.2. The number of morpholine rings is 1. The molecular formula is C10H21N3O3S. The molecule has 0 saturated carbocycles. The lowest BCUT2D eigenvalue weighted by Crippen LogP contribution is -2.53. The number of hydrogen-bond donors (Lipinski definition) is 2. The van der Waals surface area contributed by atoms with Crippen LogP contribution in [0.4, 0.5) is 0 Å². The average Bonchev–Trinajstić information content (AvgIpc) is 2.68. The Bertz CT molecular complexity index is 344. The summed E-state index contributed by atoms with van der Waals surface area (Å²) in [5.74, 6) is 0. The van der Waals surface area contributed by atoms with Gasteiger partial charge in [-0.05, 0) is 26.8 Å². The normalized spacial score (nSPS) is 36.2. The molecule has 0 aromatic carbocycles. The van der Waals surface area contributed by atoms with Gasteiger partial charge in [-0.25, -0.2) is 0 Å². The summed E-state index contributed by atoms with van der Waals surface area (Å²) in [7, 11) is -3.37. The fourth-order valence-electron chi connectivity index (χ4n) is 2.37. The highest BCUT2D eigenvalue weighted by atomic mass is 32.2. The van der Waals surface area contributed by atoms with Gasteiger partial charge in [-0.2, -0.15) is 17.4 Å². The van der Waals surface area contributed by atoms with Gasteiger partial charge in [0.25, 0.3) is 10.2 Å². The van der Waals surface area contributed by atoms with Gasteiger partial charge in [0.05, 0.1) is 12.2 Å². The molecule has 2 aliphatic rings. The number of rotatable bonds is 3. The van der Waals surface area contributed by atoms with E-state index in [-0.39, 0.29) is 18.2 Å². The lowest BCUT2D eigenvalue weighted by molar-refractivity contribution is -0.0444. The molecule has 2 N–H and O–H groups in total. The van der Waals surface area contributed by atoms with Gasteiger partial charge in [-0.15, -0.1) is 0 Å². The molecule has 2 aliphatic heterocycles. The summed E-state index contributed by atoms with van der Waals surface area (Å²) in [6.45, 7) is 6.25. The Labute approximate surface area is 103 Å². The molecule has 2 unspecified atom stereocenters. The maximum Gasteiger partial charge on any atom is 0.279 e. The highest BCUT2D eigenvalue weighted by Gasteiger charge is 2.32. The second-order valence-corrected chi connectivity index (χ2v) is 6.59. The predicted molar refractivity (Wildman–Crippen MR) is 64.9 cm³/mol. The second kappa shape index (κ2) is 5.19. The summed E-state index contributed by atoms with van der Waals surface area (Å²) < 4.78 is 34.1. The van der Waals surface area contributed by atoms with Crippen molar-refractivity contribution in [2.24, 2.45) is 0 Å². The Balaban J connectivity index is 1.98. The number of nitrogens with zero attached hydrogens (tertiary/aromatic N) is 1. The maximum absolute atomic E-state index is 12.2. The molecule has 2 rings (SSSR count). The van der Waals surface area contributed by atoms with Gasteiger partial charge in [0.1, 0.15) is 0 Å². The van der Waals surface area contributed by atoms with Crippen LogP contribution in [0.1, 0.15) is 20.3 Å². The molecule has 0 amide bonds. The molecule has 2 heterocycles. The fraction of sp³-hybridized carbons (Fsp3) is 1.00. The third-order valence-corrected chi connectivity index (χ3v) is 4.71. The zero-order valence-electron chi connectivity index (χ0n) is 10.3. The van der Waals surface area contributed by atoms with Gasteiger partial charge in [-0.1, -0.05) is 0 Å². The number of hydrogen-bond acceptors (Lipinski definition) is 4. The third kappa shape index (κ3) is 3.38. The van der Waals surface area contributed by atoms with E-state index in [1.807, 2.05) is 13.8 Å². The standard InChI is InChI=1S/C10H21N3O3S/c1-8-6-13(7-9(2)16-8)17(14,15)12-10-3-4-11-5-10/h8-12H,3-7H2,1-2H3/t8?,9?,10-/m1/s1. The van der Waals surface area contributed by atoms with Crippen LogP contribution in [0.25, 0.3) is 0 Å². The van der Waals surface area contributed by atoms with Crippen LogP contribution in [0.15, 0.2) is 0 Å². The van der Waals surface area contributed by atoms with Crippen molar-refractivity contribution in [1.82, 2.24) is 14.3 Å². The first-order valence-corrected chi connectivity index (χ1v) is 7.55. The third-order valence-electron chi connectivity index (χ3n) is 3.10. The average molecular weight is 263 g/mol. The highest BCUT2D eigenvalue weighted by molar-refractivity contribution is 7.87. The lowest BCUT2D eigenvalue weighted by Gasteiger charge is -2.34. The molecule has 2 saturated heterocycles. The van der Waals surface area contributed by atoms with E-state index in [9.17, 15) is 8.42 Å². The molecule has 100 valence electrons. The fourth-order valence-corrected chi connectivity index (χ4v) is 3.95. The summed E-state index contributed by atoms with van der Waals surface area (Å²) in [5, 5.41) is 3.15. The van der Waals surface area contributed by atoms with Crippen molar-refractivity contribution in [1.29, 1.82) is 0 Å². The van der Waals surface area contributed by atoms with Crippen LogP contribution in [0.5, 0.6) is 0 Å². The van der Waals surface area contributed by atoms with Crippen molar-refractivity contribution < 1.29 is 13.2 Å². The Kier molecular flexibility index (Phi) is 4.04. The molecule has 7 heteroatoms. The first-order valence-electron chi connectivity index (χ1n) is 6.11. The molecule has 3 atom stereocenters. The monoisotopic (exact) mass is 263 g/mol. The molecule has 0 spiro atoms. The van der Waals surface area contributed by atoms with E-state index >= 15 is 0 Å². The minimum Gasteiger partial charge on any atom is -0.373 e. The van der Waals surface area contributed by atoms with E-state index in [0.29, 0.717) is 19.6 Å². The predicted octanol–water partition coefficient (Wildman–Crippen LogP) is -0.708. The number of ether oxygens (including phenoxy) is 1. The summed E-state index contributed by atoms with van der Waals surface area (Å²) in [6, 6.07) is 0.0217. The molecular weight excluding hydrogens is 242 g/mol. The first-order chi connectivity index (χ1) is 7.97. The van der Waals surface area contributed by atoms with Gasteiger partial charge < -0.3 is 10.1 Å². The van der Waals surface area contributed by atoms with Crippen molar-refractivity contribution in [3.05, 3.63) is 0 Å². The van der Waals surface area contributed by atoms with Gasteiger partial charge in [-0.3, -0.25) is 0 Å². The van der Waals surface area contributed by atoms with Crippen LogP contribution in [0, 0.1) is 0 Å². The van der Waals surface area contributed by atoms with E-state index in [4.69, 9.17) is 4.74 Å². The van der Waals surface area contributed by atoms with Crippen LogP contribution in [0.2, 0.25) is 0 Å². The van der Waals surface area contributed by atoms with E-state index in [0.717, 1.165) is 13.0 Å². The summed E-state index contributed by atoms with van der Waals surface area (Å²) in [6.07, 6.45) is 0.767. The minimum atomic E-state index is -3.37. The van der Waals surface area contributed by atoms with Gasteiger partial charge in [0.2, 0.25) is 0 Å². The Morgan fingerprint density at radius 2 is 1.94 bits per heavy atom. The smallest absolute Gasteiger partial charge is 0.279 e. The Morgan fingerprint density at radius 3 is 2.47 bits per heavy atom. The van der Waals surface area contributed by atoms with Crippen LogP contribution in [-0.4, -0.2) is 57.2 Å². The minimum absolute atomic E-state index is 0.0217. The van der Waals surface area contributed by atoms with Crippen molar-refractivity contribution in [3.63, 3.8) is 0 Å². The molecule has 0 aromatic heterocycles. The molecule has 2 fully saturated rings. The Hall–Kier alpha value is -0.210. The van der Waals surface area contributed by atoms with Crippen molar-refractivity contribution in [3.8, 4) is 0 Å². The largest absolute Gasteiger partial charge is 0.373 e. The molecule has 0 aliphatic carbocycles. The van der Waals surface area contributed by atoms with E-state index in [2.05, 4.69) is 10.0 Å². The van der Waals surface area contributed by atoms with Gasteiger partial charge >= 0.3 is 0 Å².